The van der Waals surface area contributed by atoms with E-state index >= 15 is 0 Å². The number of nitrogens with zero attached hydrogens (tertiary/aromatic N) is 2. The van der Waals surface area contributed by atoms with Crippen LogP contribution in [0.2, 0.25) is 0 Å². The van der Waals surface area contributed by atoms with Crippen molar-refractivity contribution in [1.82, 2.24) is 20.5 Å². The Labute approximate surface area is 118 Å². The summed E-state index contributed by atoms with van der Waals surface area (Å²) in [5.41, 5.74) is -0.699. The number of ether oxygens (including phenoxy) is 1. The lowest BCUT2D eigenvalue weighted by Crippen LogP contribution is -2.54. The number of thioether (sulfide) groups is 1. The summed E-state index contributed by atoms with van der Waals surface area (Å²) in [6.07, 6.45) is 2.12. The summed E-state index contributed by atoms with van der Waals surface area (Å²) >= 11 is 1.56. The lowest BCUT2D eigenvalue weighted by atomic mass is 9.95. The minimum atomic E-state index is -0.699. The number of hydrogen-bond acceptors (Lipinski definition) is 6. The zero-order chi connectivity index (χ0) is 14.5. The first-order valence-electron chi connectivity index (χ1n) is 6.25. The van der Waals surface area contributed by atoms with Crippen LogP contribution in [0, 0.1) is 0 Å². The molecule has 0 bridgehead atoms. The smallest absolute Gasteiger partial charge is 0.325 e. The molecule has 2 N–H and O–H groups in total. The van der Waals surface area contributed by atoms with Crippen LogP contribution in [0.25, 0.3) is 0 Å². The van der Waals surface area contributed by atoms with Gasteiger partial charge in [0, 0.05) is 11.3 Å². The Morgan fingerprint density at radius 2 is 2.26 bits per heavy atom. The summed E-state index contributed by atoms with van der Waals surface area (Å²) in [4.78, 5) is 16.0. The summed E-state index contributed by atoms with van der Waals surface area (Å²) in [7, 11) is 1.41. The molecule has 1 rings (SSSR count). The summed E-state index contributed by atoms with van der Waals surface area (Å²) in [5, 5.41) is 10.8. The number of hydrogen-bond donors (Lipinski definition) is 2. The van der Waals surface area contributed by atoms with E-state index in [0.717, 1.165) is 5.16 Å². The average Bonchev–Trinajstić information content (AvgIpc) is 2.78. The van der Waals surface area contributed by atoms with E-state index in [1.807, 2.05) is 20.8 Å². The Kier molecular flexibility index (Phi) is 5.81. The highest BCUT2D eigenvalue weighted by Gasteiger charge is 2.36. The van der Waals surface area contributed by atoms with Crippen molar-refractivity contribution >= 4 is 17.7 Å². The maximum atomic E-state index is 12.0. The lowest BCUT2D eigenvalue weighted by molar-refractivity contribution is -0.148. The zero-order valence-corrected chi connectivity index (χ0v) is 12.9. The number of methoxy groups -OCH3 is 1. The van der Waals surface area contributed by atoms with Gasteiger partial charge in [0.1, 0.15) is 11.9 Å². The topological polar surface area (TPSA) is 79.9 Å². The van der Waals surface area contributed by atoms with E-state index in [1.54, 1.807) is 11.8 Å². The number of nitrogens with one attached hydrogen (secondary N) is 2. The van der Waals surface area contributed by atoms with Crippen LogP contribution in [-0.2, 0) is 9.53 Å². The van der Waals surface area contributed by atoms with Gasteiger partial charge in [-0.15, -0.1) is 0 Å². The standard InChI is InChI=1S/C12H22N4O2S/c1-8(2)15-12(4,10(17)18-5)6-9(3)19-11-13-7-14-16-11/h7-9,15H,6H2,1-5H3,(H,13,14,16). The molecular weight excluding hydrogens is 264 g/mol. The molecular formula is C12H22N4O2S. The highest BCUT2D eigenvalue weighted by Crippen LogP contribution is 2.27. The first-order chi connectivity index (χ1) is 8.87. The van der Waals surface area contributed by atoms with E-state index in [1.165, 1.54) is 13.4 Å². The van der Waals surface area contributed by atoms with E-state index in [-0.39, 0.29) is 17.3 Å². The van der Waals surface area contributed by atoms with Crippen molar-refractivity contribution in [2.45, 2.75) is 56.1 Å². The van der Waals surface area contributed by atoms with Gasteiger partial charge in [-0.05, 0) is 27.2 Å². The molecule has 0 saturated heterocycles. The number of rotatable bonds is 7. The first kappa shape index (κ1) is 16.0. The van der Waals surface area contributed by atoms with Gasteiger partial charge >= 0.3 is 5.97 Å². The number of aromatic nitrogens is 3. The van der Waals surface area contributed by atoms with Crippen molar-refractivity contribution in [3.63, 3.8) is 0 Å². The SMILES string of the molecule is COC(=O)C(C)(CC(C)Sc1ncn[nH]1)NC(C)C. The van der Waals surface area contributed by atoms with E-state index in [9.17, 15) is 4.79 Å². The highest BCUT2D eigenvalue weighted by molar-refractivity contribution is 7.99. The fourth-order valence-corrected chi connectivity index (χ4v) is 3.13. The number of H-pyrrole nitrogens is 1. The van der Waals surface area contributed by atoms with Crippen LogP contribution >= 0.6 is 11.8 Å². The fraction of sp³-hybridized carbons (Fsp3) is 0.750. The Morgan fingerprint density at radius 3 is 2.74 bits per heavy atom. The third kappa shape index (κ3) is 4.83. The molecule has 0 amide bonds. The number of carbonyl (C=O) groups excluding carboxylic acids is 1. The lowest BCUT2D eigenvalue weighted by Gasteiger charge is -2.32. The molecule has 0 fully saturated rings. The molecule has 0 radical (unpaired) electrons. The van der Waals surface area contributed by atoms with Crippen LogP contribution < -0.4 is 5.32 Å². The molecule has 2 atom stereocenters. The Balaban J connectivity index is 2.68. The summed E-state index contributed by atoms with van der Waals surface area (Å²) < 4.78 is 4.91. The van der Waals surface area contributed by atoms with Crippen LogP contribution in [0.4, 0.5) is 0 Å². The molecule has 0 aliphatic heterocycles. The van der Waals surface area contributed by atoms with Gasteiger partial charge in [-0.3, -0.25) is 15.2 Å². The quantitative estimate of drug-likeness (QED) is 0.585. The molecule has 0 saturated carbocycles. The maximum Gasteiger partial charge on any atom is 0.325 e. The van der Waals surface area contributed by atoms with Crippen molar-refractivity contribution in [2.24, 2.45) is 0 Å². The van der Waals surface area contributed by atoms with Crippen LogP contribution in [0.1, 0.15) is 34.1 Å². The molecule has 7 heteroatoms. The first-order valence-corrected chi connectivity index (χ1v) is 7.13. The maximum absolute atomic E-state index is 12.0. The molecule has 0 aliphatic rings. The molecule has 0 aromatic carbocycles. The predicted octanol–water partition coefficient (Wildman–Crippen LogP) is 1.61. The summed E-state index contributed by atoms with van der Waals surface area (Å²) in [5.74, 6) is -0.244. The number of esters is 1. The Morgan fingerprint density at radius 1 is 1.58 bits per heavy atom. The van der Waals surface area contributed by atoms with Crippen molar-refractivity contribution in [3.8, 4) is 0 Å². The van der Waals surface area contributed by atoms with Crippen molar-refractivity contribution in [3.05, 3.63) is 6.33 Å². The van der Waals surface area contributed by atoms with Gasteiger partial charge < -0.3 is 4.74 Å². The van der Waals surface area contributed by atoms with Crippen molar-refractivity contribution in [2.75, 3.05) is 7.11 Å². The van der Waals surface area contributed by atoms with Gasteiger partial charge in [0.2, 0.25) is 0 Å². The Hall–Kier alpha value is -1.08. The van der Waals surface area contributed by atoms with E-state index in [4.69, 9.17) is 4.74 Å². The molecule has 1 aromatic rings. The van der Waals surface area contributed by atoms with E-state index in [2.05, 4.69) is 27.4 Å². The monoisotopic (exact) mass is 286 g/mol. The second-order valence-corrected chi connectivity index (χ2v) is 6.47. The number of aromatic amines is 1. The molecule has 1 heterocycles. The van der Waals surface area contributed by atoms with Gasteiger partial charge in [0.25, 0.3) is 0 Å². The Bertz CT molecular complexity index is 396. The average molecular weight is 286 g/mol. The fourth-order valence-electron chi connectivity index (χ4n) is 2.12. The van der Waals surface area contributed by atoms with Crippen LogP contribution in [0.3, 0.4) is 0 Å². The van der Waals surface area contributed by atoms with Crippen LogP contribution in [0.5, 0.6) is 0 Å². The van der Waals surface area contributed by atoms with Gasteiger partial charge in [0.05, 0.1) is 7.11 Å². The largest absolute Gasteiger partial charge is 0.468 e. The summed E-state index contributed by atoms with van der Waals surface area (Å²) in [6.45, 7) is 7.94. The van der Waals surface area contributed by atoms with Gasteiger partial charge in [-0.1, -0.05) is 18.7 Å². The second kappa shape index (κ2) is 6.91. The zero-order valence-electron chi connectivity index (χ0n) is 12.1. The predicted molar refractivity (Wildman–Crippen MR) is 75.0 cm³/mol. The van der Waals surface area contributed by atoms with E-state index < -0.39 is 5.54 Å². The van der Waals surface area contributed by atoms with Crippen LogP contribution in [-0.4, -0.2) is 45.1 Å². The van der Waals surface area contributed by atoms with E-state index in [0.29, 0.717) is 6.42 Å². The highest BCUT2D eigenvalue weighted by atomic mass is 32.2. The number of carbonyl (C=O) groups is 1. The van der Waals surface area contributed by atoms with Gasteiger partial charge in [-0.2, -0.15) is 5.10 Å². The van der Waals surface area contributed by atoms with Crippen molar-refractivity contribution in [1.29, 1.82) is 0 Å². The van der Waals surface area contributed by atoms with Gasteiger partial charge in [0.15, 0.2) is 5.16 Å². The third-order valence-corrected chi connectivity index (χ3v) is 3.63. The molecule has 0 spiro atoms. The minimum absolute atomic E-state index is 0.197. The minimum Gasteiger partial charge on any atom is -0.468 e. The van der Waals surface area contributed by atoms with Crippen LogP contribution in [0.15, 0.2) is 11.5 Å². The molecule has 19 heavy (non-hydrogen) atoms. The normalized spacial score (nSPS) is 16.1. The van der Waals surface area contributed by atoms with Crippen molar-refractivity contribution < 1.29 is 9.53 Å². The molecule has 2 unspecified atom stereocenters. The molecule has 108 valence electrons. The van der Waals surface area contributed by atoms with Gasteiger partial charge in [-0.25, -0.2) is 4.98 Å². The summed E-state index contributed by atoms with van der Waals surface area (Å²) in [6, 6.07) is 0.201. The molecule has 1 aromatic heterocycles. The second-order valence-electron chi connectivity index (χ2n) is 5.05. The molecule has 6 nitrogen and oxygen atoms in total. The molecule has 0 aliphatic carbocycles. The third-order valence-electron chi connectivity index (χ3n) is 2.64.